The van der Waals surface area contributed by atoms with Gasteiger partial charge >= 0.3 is 18.0 Å². The minimum atomic E-state index is -1.04. The molecule has 0 heterocycles. The van der Waals surface area contributed by atoms with Gasteiger partial charge < -0.3 is 29.7 Å². The molecule has 3 N–H and O–H groups in total. The van der Waals surface area contributed by atoms with Crippen LogP contribution in [-0.4, -0.2) is 53.1 Å². The summed E-state index contributed by atoms with van der Waals surface area (Å²) in [5.41, 5.74) is -0.154. The molecule has 0 aliphatic carbocycles. The molecule has 9 nitrogen and oxygen atoms in total. The van der Waals surface area contributed by atoms with Crippen LogP contribution in [0.3, 0.4) is 0 Å². The molecule has 0 aliphatic rings. The summed E-state index contributed by atoms with van der Waals surface area (Å²) in [4.78, 5) is 36.7. The van der Waals surface area contributed by atoms with Crippen molar-refractivity contribution in [3.63, 3.8) is 0 Å². The first-order valence-electron chi connectivity index (χ1n) is 9.89. The Morgan fingerprint density at radius 1 is 1.00 bits per heavy atom. The summed E-state index contributed by atoms with van der Waals surface area (Å²) in [5.74, 6) is -2.28. The van der Waals surface area contributed by atoms with Crippen molar-refractivity contribution in [2.45, 2.75) is 39.4 Å². The third kappa shape index (κ3) is 7.50. The van der Waals surface area contributed by atoms with Crippen molar-refractivity contribution in [2.24, 2.45) is 0 Å². The second kappa shape index (κ2) is 10.5. The molecule has 2 aromatic rings. The molecule has 0 aromatic heterocycles. The number of esters is 2. The van der Waals surface area contributed by atoms with E-state index < -0.39 is 35.5 Å². The van der Waals surface area contributed by atoms with E-state index in [1.54, 1.807) is 51.1 Å². The lowest BCUT2D eigenvalue weighted by atomic mass is 10.1. The van der Waals surface area contributed by atoms with Crippen molar-refractivity contribution < 1.29 is 38.8 Å². The highest BCUT2D eigenvalue weighted by molar-refractivity contribution is 5.91. The molecule has 172 valence electrons. The highest BCUT2D eigenvalue weighted by Crippen LogP contribution is 2.30. The fourth-order valence-electron chi connectivity index (χ4n) is 2.57. The van der Waals surface area contributed by atoms with Gasteiger partial charge in [-0.15, -0.1) is 0 Å². The summed E-state index contributed by atoms with van der Waals surface area (Å²) in [6.45, 7) is 6.08. The molecule has 1 unspecified atom stereocenters. The lowest BCUT2D eigenvalue weighted by molar-refractivity contribution is -0.00198. The summed E-state index contributed by atoms with van der Waals surface area (Å²) >= 11 is 0. The number of phenolic OH excluding ortho intramolecular Hbond substituents is 2. The van der Waals surface area contributed by atoms with Crippen molar-refractivity contribution in [2.75, 3.05) is 13.2 Å². The lowest BCUT2D eigenvalue weighted by Gasteiger charge is -2.22. The molecule has 32 heavy (non-hydrogen) atoms. The first-order chi connectivity index (χ1) is 15.0. The predicted molar refractivity (Wildman–Crippen MR) is 115 cm³/mol. The van der Waals surface area contributed by atoms with E-state index in [1.165, 1.54) is 13.0 Å². The molecule has 0 aliphatic heterocycles. The highest BCUT2D eigenvalue weighted by Gasteiger charge is 2.23. The number of rotatable bonds is 7. The smallest absolute Gasteiger partial charge is 0.407 e. The molecule has 2 aromatic carbocycles. The SMILES string of the molecule is Cc1cc(C(=O)OC(CNC(=O)OC(C)(C)C)COC(=O)c2ccccc2)cc(O)c1O. The normalized spacial score (nSPS) is 11.9. The van der Waals surface area contributed by atoms with Gasteiger partial charge in [0.25, 0.3) is 0 Å². The van der Waals surface area contributed by atoms with Crippen LogP contribution in [0.5, 0.6) is 11.5 Å². The summed E-state index contributed by atoms with van der Waals surface area (Å²) < 4.78 is 15.8. The Morgan fingerprint density at radius 2 is 1.66 bits per heavy atom. The van der Waals surface area contributed by atoms with E-state index in [1.807, 2.05) is 0 Å². The van der Waals surface area contributed by atoms with Crippen molar-refractivity contribution in [3.8, 4) is 11.5 Å². The second-order valence-corrected chi connectivity index (χ2v) is 8.04. The first-order valence-corrected chi connectivity index (χ1v) is 9.89. The average Bonchev–Trinajstić information content (AvgIpc) is 2.72. The number of aromatic hydroxyl groups is 2. The van der Waals surface area contributed by atoms with E-state index in [2.05, 4.69) is 5.32 Å². The fraction of sp³-hybridized carbons (Fsp3) is 0.348. The Labute approximate surface area is 185 Å². The van der Waals surface area contributed by atoms with Crippen LogP contribution in [0, 0.1) is 6.92 Å². The molecule has 0 spiro atoms. The molecule has 0 radical (unpaired) electrons. The number of carbonyl (C=O) groups excluding carboxylic acids is 3. The maximum Gasteiger partial charge on any atom is 0.407 e. The Kier molecular flexibility index (Phi) is 8.06. The van der Waals surface area contributed by atoms with Gasteiger partial charge in [0.1, 0.15) is 12.2 Å². The van der Waals surface area contributed by atoms with Crippen LogP contribution < -0.4 is 5.32 Å². The van der Waals surface area contributed by atoms with Crippen molar-refractivity contribution in [1.82, 2.24) is 5.32 Å². The molecule has 0 fully saturated rings. The van der Waals surface area contributed by atoms with Crippen molar-refractivity contribution >= 4 is 18.0 Å². The zero-order valence-electron chi connectivity index (χ0n) is 18.4. The largest absolute Gasteiger partial charge is 0.504 e. The third-order valence-electron chi connectivity index (χ3n) is 4.07. The maximum absolute atomic E-state index is 12.6. The monoisotopic (exact) mass is 445 g/mol. The number of benzene rings is 2. The minimum absolute atomic E-state index is 0.0190. The van der Waals surface area contributed by atoms with Crippen LogP contribution in [0.15, 0.2) is 42.5 Å². The Balaban J connectivity index is 2.09. The standard InChI is InChI=1S/C23H27NO8/c1-14-10-16(11-18(25)19(14)26)21(28)31-17(12-24-22(29)32-23(2,3)4)13-30-20(27)15-8-6-5-7-9-15/h5-11,17,25-26H,12-13H2,1-4H3,(H,24,29). The number of hydrogen-bond acceptors (Lipinski definition) is 8. The van der Waals surface area contributed by atoms with Gasteiger partial charge in [-0.2, -0.15) is 0 Å². The van der Waals surface area contributed by atoms with Gasteiger partial charge in [-0.05, 0) is 57.5 Å². The van der Waals surface area contributed by atoms with E-state index in [4.69, 9.17) is 14.2 Å². The quantitative estimate of drug-likeness (QED) is 0.336. The highest BCUT2D eigenvalue weighted by atomic mass is 16.6. The van der Waals surface area contributed by atoms with Crippen LogP contribution in [0.2, 0.25) is 0 Å². The van der Waals surface area contributed by atoms with Gasteiger partial charge in [0, 0.05) is 0 Å². The molecule has 1 amide bonds. The van der Waals surface area contributed by atoms with Crippen LogP contribution in [0.25, 0.3) is 0 Å². The Bertz CT molecular complexity index is 943. The molecule has 0 bridgehead atoms. The second-order valence-electron chi connectivity index (χ2n) is 8.04. The van der Waals surface area contributed by atoms with Gasteiger partial charge in [0.15, 0.2) is 17.6 Å². The predicted octanol–water partition coefficient (Wildman–Crippen LogP) is 3.31. The molecule has 1 atom stereocenters. The van der Waals surface area contributed by atoms with Gasteiger partial charge in [-0.25, -0.2) is 14.4 Å². The molecule has 2 rings (SSSR count). The lowest BCUT2D eigenvalue weighted by Crippen LogP contribution is -2.40. The summed E-state index contributed by atoms with van der Waals surface area (Å²) in [6.07, 6.45) is -1.77. The Morgan fingerprint density at radius 3 is 2.25 bits per heavy atom. The Hall–Kier alpha value is -3.75. The van der Waals surface area contributed by atoms with E-state index in [0.717, 1.165) is 6.07 Å². The van der Waals surface area contributed by atoms with Crippen LogP contribution in [0.1, 0.15) is 47.1 Å². The summed E-state index contributed by atoms with van der Waals surface area (Å²) in [7, 11) is 0. The van der Waals surface area contributed by atoms with Gasteiger partial charge in [-0.3, -0.25) is 0 Å². The number of ether oxygens (including phenoxy) is 3. The minimum Gasteiger partial charge on any atom is -0.504 e. The summed E-state index contributed by atoms with van der Waals surface area (Å²) in [5, 5.41) is 21.9. The number of phenols is 2. The zero-order valence-corrected chi connectivity index (χ0v) is 18.4. The third-order valence-corrected chi connectivity index (χ3v) is 4.07. The van der Waals surface area contributed by atoms with Crippen LogP contribution in [-0.2, 0) is 14.2 Å². The molecule has 0 saturated carbocycles. The van der Waals surface area contributed by atoms with Crippen molar-refractivity contribution in [3.05, 3.63) is 59.2 Å². The van der Waals surface area contributed by atoms with Gasteiger partial charge in [0.2, 0.25) is 0 Å². The van der Waals surface area contributed by atoms with E-state index in [9.17, 15) is 24.6 Å². The summed E-state index contributed by atoms with van der Waals surface area (Å²) in [6, 6.07) is 10.6. The number of aryl methyl sites for hydroxylation is 1. The van der Waals surface area contributed by atoms with E-state index in [-0.39, 0.29) is 30.0 Å². The number of carbonyl (C=O) groups is 3. The number of amides is 1. The van der Waals surface area contributed by atoms with Gasteiger partial charge in [-0.1, -0.05) is 18.2 Å². The number of alkyl carbamates (subject to hydrolysis) is 1. The number of nitrogens with one attached hydrogen (secondary N) is 1. The number of hydrogen-bond donors (Lipinski definition) is 3. The fourth-order valence-corrected chi connectivity index (χ4v) is 2.57. The average molecular weight is 445 g/mol. The molecule has 9 heteroatoms. The zero-order chi connectivity index (χ0) is 23.9. The topological polar surface area (TPSA) is 131 Å². The molecular formula is C23H27NO8. The maximum atomic E-state index is 12.6. The van der Waals surface area contributed by atoms with Gasteiger partial charge in [0.05, 0.1) is 17.7 Å². The molecular weight excluding hydrogens is 418 g/mol. The molecule has 0 saturated heterocycles. The first kappa shape index (κ1) is 24.5. The van der Waals surface area contributed by atoms with E-state index >= 15 is 0 Å². The van der Waals surface area contributed by atoms with Crippen LogP contribution >= 0.6 is 0 Å². The van der Waals surface area contributed by atoms with E-state index in [0.29, 0.717) is 5.56 Å². The van der Waals surface area contributed by atoms with Crippen LogP contribution in [0.4, 0.5) is 4.79 Å². The van der Waals surface area contributed by atoms with Crippen molar-refractivity contribution in [1.29, 1.82) is 0 Å².